The number of rotatable bonds is 3. The molecule has 4 N–H and O–H groups in total. The van der Waals surface area contributed by atoms with Crippen LogP contribution in [0, 0.1) is 0 Å². The largest absolute Gasteiger partial charge is 0.506 e. The van der Waals surface area contributed by atoms with E-state index in [1.54, 1.807) is 12.1 Å². The number of carbonyl (C=O) groups is 1. The van der Waals surface area contributed by atoms with Gasteiger partial charge < -0.3 is 16.2 Å². The van der Waals surface area contributed by atoms with Gasteiger partial charge in [-0.05, 0) is 23.1 Å². The first kappa shape index (κ1) is 13.5. The molecule has 0 spiro atoms. The van der Waals surface area contributed by atoms with Gasteiger partial charge in [-0.3, -0.25) is 4.79 Å². The maximum absolute atomic E-state index is 11.4. The second-order valence-corrected chi connectivity index (χ2v) is 5.07. The maximum Gasteiger partial charge on any atom is 0.225 e. The Hall–Kier alpha value is -1.55. The molecular formula is C13H20N2O2. The monoisotopic (exact) mass is 236 g/mol. The van der Waals surface area contributed by atoms with Crippen molar-refractivity contribution in [2.24, 2.45) is 5.73 Å². The number of phenolic OH excluding ortho intramolecular Hbond substituents is 1. The van der Waals surface area contributed by atoms with Crippen molar-refractivity contribution >= 4 is 11.6 Å². The van der Waals surface area contributed by atoms with Crippen molar-refractivity contribution in [1.82, 2.24) is 0 Å². The summed E-state index contributed by atoms with van der Waals surface area (Å²) in [5.41, 5.74) is 6.76. The first-order valence-corrected chi connectivity index (χ1v) is 5.68. The van der Waals surface area contributed by atoms with Gasteiger partial charge in [0.15, 0.2) is 0 Å². The molecule has 0 aliphatic heterocycles. The second kappa shape index (κ2) is 5.19. The predicted molar refractivity (Wildman–Crippen MR) is 69.1 cm³/mol. The molecule has 4 heteroatoms. The first-order valence-electron chi connectivity index (χ1n) is 5.68. The smallest absolute Gasteiger partial charge is 0.225 e. The molecule has 0 aliphatic carbocycles. The number of anilines is 1. The van der Waals surface area contributed by atoms with Gasteiger partial charge in [0.2, 0.25) is 5.91 Å². The van der Waals surface area contributed by atoms with Gasteiger partial charge in [-0.25, -0.2) is 0 Å². The molecule has 0 saturated heterocycles. The average Bonchev–Trinajstić information content (AvgIpc) is 2.20. The highest BCUT2D eigenvalue weighted by Gasteiger charge is 2.16. The molecule has 0 heterocycles. The zero-order valence-corrected chi connectivity index (χ0v) is 10.6. The number of phenols is 1. The van der Waals surface area contributed by atoms with E-state index < -0.39 is 0 Å². The highest BCUT2D eigenvalue weighted by Crippen LogP contribution is 2.30. The number of aromatic hydroxyl groups is 1. The molecule has 1 rings (SSSR count). The molecule has 0 aliphatic rings. The lowest BCUT2D eigenvalue weighted by molar-refractivity contribution is -0.116. The summed E-state index contributed by atoms with van der Waals surface area (Å²) < 4.78 is 0. The van der Waals surface area contributed by atoms with Crippen LogP contribution in [0.1, 0.15) is 32.8 Å². The van der Waals surface area contributed by atoms with Crippen LogP contribution in [0.4, 0.5) is 5.69 Å². The average molecular weight is 236 g/mol. The van der Waals surface area contributed by atoms with E-state index in [0.717, 1.165) is 5.56 Å². The van der Waals surface area contributed by atoms with Crippen LogP contribution in [-0.2, 0) is 10.2 Å². The van der Waals surface area contributed by atoms with Gasteiger partial charge >= 0.3 is 0 Å². The third-order valence-corrected chi connectivity index (χ3v) is 2.51. The fourth-order valence-electron chi connectivity index (χ4n) is 1.45. The molecule has 0 atom stereocenters. The van der Waals surface area contributed by atoms with E-state index in [4.69, 9.17) is 5.73 Å². The quantitative estimate of drug-likeness (QED) is 0.702. The summed E-state index contributed by atoms with van der Waals surface area (Å²) in [5.74, 6) is -0.114. The summed E-state index contributed by atoms with van der Waals surface area (Å²) >= 11 is 0. The molecule has 94 valence electrons. The van der Waals surface area contributed by atoms with Crippen molar-refractivity contribution < 1.29 is 9.90 Å². The summed E-state index contributed by atoms with van der Waals surface area (Å²) in [7, 11) is 0. The van der Waals surface area contributed by atoms with E-state index in [2.05, 4.69) is 26.1 Å². The normalized spacial score (nSPS) is 11.3. The van der Waals surface area contributed by atoms with Crippen molar-refractivity contribution in [1.29, 1.82) is 0 Å². The van der Waals surface area contributed by atoms with Gasteiger partial charge in [-0.1, -0.05) is 26.8 Å². The Kier molecular flexibility index (Phi) is 4.12. The fourth-order valence-corrected chi connectivity index (χ4v) is 1.45. The molecule has 1 aromatic rings. The van der Waals surface area contributed by atoms with Crippen LogP contribution in [0.15, 0.2) is 18.2 Å². The summed E-state index contributed by atoms with van der Waals surface area (Å²) in [4.78, 5) is 11.4. The minimum absolute atomic E-state index is 0.0267. The number of benzene rings is 1. The van der Waals surface area contributed by atoms with E-state index in [0.29, 0.717) is 12.2 Å². The van der Waals surface area contributed by atoms with Crippen molar-refractivity contribution in [3.63, 3.8) is 0 Å². The van der Waals surface area contributed by atoms with Crippen LogP contribution in [0.25, 0.3) is 0 Å². The summed E-state index contributed by atoms with van der Waals surface area (Å²) in [6.07, 6.45) is 0.249. The fraction of sp³-hybridized carbons (Fsp3) is 0.462. The zero-order valence-electron chi connectivity index (χ0n) is 10.6. The van der Waals surface area contributed by atoms with Gasteiger partial charge in [-0.2, -0.15) is 0 Å². The number of amides is 1. The Labute approximate surface area is 102 Å². The van der Waals surface area contributed by atoms with E-state index >= 15 is 0 Å². The van der Waals surface area contributed by atoms with Crippen LogP contribution in [0.2, 0.25) is 0 Å². The molecule has 1 aromatic carbocycles. The minimum atomic E-state index is -0.186. The standard InChI is InChI=1S/C13H20N2O2/c1-13(2,3)9-4-5-11(16)10(8-9)15-12(17)6-7-14/h4-5,8,16H,6-7,14H2,1-3H3,(H,15,17). The maximum atomic E-state index is 11.4. The molecule has 0 fully saturated rings. The van der Waals surface area contributed by atoms with Crippen LogP contribution >= 0.6 is 0 Å². The van der Waals surface area contributed by atoms with Crippen LogP contribution in [0.3, 0.4) is 0 Å². The zero-order chi connectivity index (χ0) is 13.1. The summed E-state index contributed by atoms with van der Waals surface area (Å²) in [6.45, 7) is 6.52. The van der Waals surface area contributed by atoms with E-state index in [1.807, 2.05) is 6.07 Å². The Morgan fingerprint density at radius 3 is 2.59 bits per heavy atom. The van der Waals surface area contributed by atoms with Crippen molar-refractivity contribution in [2.45, 2.75) is 32.6 Å². The van der Waals surface area contributed by atoms with Crippen LogP contribution < -0.4 is 11.1 Å². The summed E-state index contributed by atoms with van der Waals surface area (Å²) in [5, 5.41) is 12.3. The third kappa shape index (κ3) is 3.75. The number of nitrogens with two attached hydrogens (primary N) is 1. The summed E-state index contributed by atoms with van der Waals surface area (Å²) in [6, 6.07) is 5.25. The van der Waals surface area contributed by atoms with Crippen molar-refractivity contribution in [2.75, 3.05) is 11.9 Å². The van der Waals surface area contributed by atoms with Gasteiger partial charge in [0.05, 0.1) is 5.69 Å². The second-order valence-electron chi connectivity index (χ2n) is 5.07. The number of carbonyl (C=O) groups excluding carboxylic acids is 1. The van der Waals surface area contributed by atoms with Gasteiger partial charge in [0, 0.05) is 13.0 Å². The molecule has 0 saturated carbocycles. The molecular weight excluding hydrogens is 216 g/mol. The molecule has 0 aromatic heterocycles. The molecule has 0 radical (unpaired) electrons. The Morgan fingerprint density at radius 2 is 2.06 bits per heavy atom. The van der Waals surface area contributed by atoms with Gasteiger partial charge in [0.1, 0.15) is 5.75 Å². The lowest BCUT2D eigenvalue weighted by Crippen LogP contribution is -2.17. The van der Waals surface area contributed by atoms with E-state index in [1.165, 1.54) is 0 Å². The van der Waals surface area contributed by atoms with E-state index in [-0.39, 0.29) is 23.5 Å². The van der Waals surface area contributed by atoms with Crippen molar-refractivity contribution in [3.8, 4) is 5.75 Å². The highest BCUT2D eigenvalue weighted by atomic mass is 16.3. The number of nitrogens with one attached hydrogen (secondary N) is 1. The van der Waals surface area contributed by atoms with Crippen LogP contribution in [0.5, 0.6) is 5.75 Å². The topological polar surface area (TPSA) is 75.3 Å². The number of hydrogen-bond donors (Lipinski definition) is 3. The van der Waals surface area contributed by atoms with Crippen LogP contribution in [-0.4, -0.2) is 17.6 Å². The van der Waals surface area contributed by atoms with Gasteiger partial charge in [-0.15, -0.1) is 0 Å². The molecule has 0 bridgehead atoms. The molecule has 0 unspecified atom stereocenters. The molecule has 1 amide bonds. The third-order valence-electron chi connectivity index (χ3n) is 2.51. The lowest BCUT2D eigenvalue weighted by Gasteiger charge is -2.20. The number of hydrogen-bond acceptors (Lipinski definition) is 3. The molecule has 17 heavy (non-hydrogen) atoms. The van der Waals surface area contributed by atoms with Gasteiger partial charge in [0.25, 0.3) is 0 Å². The minimum Gasteiger partial charge on any atom is -0.506 e. The SMILES string of the molecule is CC(C)(C)c1ccc(O)c(NC(=O)CCN)c1. The Morgan fingerprint density at radius 1 is 1.41 bits per heavy atom. The Balaban J connectivity index is 2.95. The molecule has 4 nitrogen and oxygen atoms in total. The highest BCUT2D eigenvalue weighted by molar-refractivity contribution is 5.92. The Bertz CT molecular complexity index is 408. The van der Waals surface area contributed by atoms with Crippen molar-refractivity contribution in [3.05, 3.63) is 23.8 Å². The lowest BCUT2D eigenvalue weighted by atomic mass is 9.87. The van der Waals surface area contributed by atoms with E-state index in [9.17, 15) is 9.90 Å². The first-order chi connectivity index (χ1) is 7.84. The predicted octanol–water partition coefficient (Wildman–Crippen LogP) is 1.98.